The van der Waals surface area contributed by atoms with Crippen LogP contribution in [0.3, 0.4) is 0 Å². The second-order valence-electron chi connectivity index (χ2n) is 7.08. The first kappa shape index (κ1) is 25.0. The molecule has 0 spiro atoms. The highest BCUT2D eigenvalue weighted by Crippen LogP contribution is 2.29. The minimum absolute atomic E-state index is 0.271. The van der Waals surface area contributed by atoms with Gasteiger partial charge in [0.25, 0.3) is 5.91 Å². The minimum Gasteiger partial charge on any atom is -0.497 e. The lowest BCUT2D eigenvalue weighted by molar-refractivity contribution is 0.0728. The Balaban J connectivity index is 1.64. The summed E-state index contributed by atoms with van der Waals surface area (Å²) in [4.78, 5) is 24.8. The van der Waals surface area contributed by atoms with Crippen molar-refractivity contribution >= 4 is 18.1 Å². The van der Waals surface area contributed by atoms with E-state index in [-0.39, 0.29) is 11.7 Å². The predicted octanol–water partition coefficient (Wildman–Crippen LogP) is 4.64. The van der Waals surface area contributed by atoms with Crippen LogP contribution in [-0.4, -0.2) is 38.4 Å². The number of carbonyl (C=O) groups excluding carboxylic acids is 2. The van der Waals surface area contributed by atoms with Crippen LogP contribution in [0.15, 0.2) is 84.5 Å². The summed E-state index contributed by atoms with van der Waals surface area (Å²) in [6, 6.07) is 18.2. The van der Waals surface area contributed by atoms with Crippen LogP contribution >= 0.6 is 0 Å². The fourth-order valence-corrected chi connectivity index (χ4v) is 2.93. The Bertz CT molecular complexity index is 1190. The second kappa shape index (κ2) is 12.6. The highest BCUT2D eigenvalue weighted by molar-refractivity contribution is 5.95. The number of amides is 1. The molecule has 0 aromatic heterocycles. The van der Waals surface area contributed by atoms with Crippen molar-refractivity contribution in [2.24, 2.45) is 5.10 Å². The molecule has 3 rings (SSSR count). The smallest absolute Gasteiger partial charge is 0.343 e. The summed E-state index contributed by atoms with van der Waals surface area (Å²) in [5, 5.41) is 4.00. The first-order valence-corrected chi connectivity index (χ1v) is 10.8. The van der Waals surface area contributed by atoms with Crippen LogP contribution in [0.4, 0.5) is 0 Å². The number of hydrogen-bond acceptors (Lipinski definition) is 7. The van der Waals surface area contributed by atoms with Gasteiger partial charge in [-0.25, -0.2) is 10.2 Å². The number of hydrogen-bond donors (Lipinski definition) is 1. The SMILES string of the molecule is C=CCOc1ccc(C(=O)NN=Cc2ccc(OC(=O)c3ccc(OC)cc3)c(OCC)c2)cc1. The monoisotopic (exact) mass is 474 g/mol. The molecule has 0 radical (unpaired) electrons. The van der Waals surface area contributed by atoms with E-state index in [1.54, 1.807) is 79.9 Å². The van der Waals surface area contributed by atoms with Gasteiger partial charge < -0.3 is 18.9 Å². The molecule has 0 unspecified atom stereocenters. The Kier molecular flexibility index (Phi) is 9.01. The molecule has 0 bridgehead atoms. The zero-order chi connectivity index (χ0) is 25.0. The predicted molar refractivity (Wildman–Crippen MR) is 133 cm³/mol. The summed E-state index contributed by atoms with van der Waals surface area (Å²) in [5.41, 5.74) is 3.93. The standard InChI is InChI=1S/C27H26N2O6/c1-4-16-34-23-13-7-20(8-14-23)26(30)29-28-18-19-6-15-24(25(17-19)33-5-2)35-27(31)21-9-11-22(32-3)12-10-21/h4,6-15,17-18H,1,5,16H2,2-3H3,(H,29,30). The van der Waals surface area contributed by atoms with Crippen molar-refractivity contribution in [2.45, 2.75) is 6.92 Å². The summed E-state index contributed by atoms with van der Waals surface area (Å²) in [6.07, 6.45) is 3.11. The molecule has 180 valence electrons. The lowest BCUT2D eigenvalue weighted by Crippen LogP contribution is -2.17. The van der Waals surface area contributed by atoms with Gasteiger partial charge in [0.05, 0.1) is 25.5 Å². The topological polar surface area (TPSA) is 95.5 Å². The Morgan fingerprint density at radius 1 is 0.914 bits per heavy atom. The van der Waals surface area contributed by atoms with E-state index >= 15 is 0 Å². The van der Waals surface area contributed by atoms with Crippen LogP contribution in [0.2, 0.25) is 0 Å². The van der Waals surface area contributed by atoms with Gasteiger partial charge in [-0.1, -0.05) is 12.7 Å². The van der Waals surface area contributed by atoms with Gasteiger partial charge in [-0.05, 0) is 79.2 Å². The summed E-state index contributed by atoms with van der Waals surface area (Å²) in [7, 11) is 1.55. The van der Waals surface area contributed by atoms with E-state index < -0.39 is 5.97 Å². The highest BCUT2D eigenvalue weighted by atomic mass is 16.6. The number of carbonyl (C=O) groups is 2. The minimum atomic E-state index is -0.525. The van der Waals surface area contributed by atoms with Gasteiger partial charge in [-0.3, -0.25) is 4.79 Å². The Morgan fingerprint density at radius 2 is 1.60 bits per heavy atom. The quantitative estimate of drug-likeness (QED) is 0.143. The number of nitrogens with one attached hydrogen (secondary N) is 1. The summed E-state index contributed by atoms with van der Waals surface area (Å²) in [5.74, 6) is 1.03. The number of rotatable bonds is 11. The van der Waals surface area contributed by atoms with Crippen molar-refractivity contribution in [1.29, 1.82) is 0 Å². The van der Waals surface area contributed by atoms with Crippen molar-refractivity contribution in [2.75, 3.05) is 20.3 Å². The molecule has 0 atom stereocenters. The van der Waals surface area contributed by atoms with Crippen LogP contribution < -0.4 is 24.4 Å². The summed E-state index contributed by atoms with van der Waals surface area (Å²) >= 11 is 0. The van der Waals surface area contributed by atoms with Crippen LogP contribution in [0.1, 0.15) is 33.2 Å². The summed E-state index contributed by atoms with van der Waals surface area (Å²) in [6.45, 7) is 6.18. The fourth-order valence-electron chi connectivity index (χ4n) is 2.93. The van der Waals surface area contributed by atoms with Gasteiger partial charge in [0.1, 0.15) is 18.1 Å². The maximum atomic E-state index is 12.5. The maximum absolute atomic E-state index is 12.5. The molecule has 3 aromatic carbocycles. The number of benzene rings is 3. The van der Waals surface area contributed by atoms with Crippen molar-refractivity contribution < 1.29 is 28.5 Å². The number of ether oxygens (including phenoxy) is 4. The molecule has 3 aromatic rings. The molecule has 0 heterocycles. The first-order chi connectivity index (χ1) is 17.0. The van der Waals surface area contributed by atoms with E-state index in [0.29, 0.717) is 47.2 Å². The van der Waals surface area contributed by atoms with Crippen LogP contribution in [0.25, 0.3) is 0 Å². The second-order valence-corrected chi connectivity index (χ2v) is 7.08. The molecule has 0 saturated heterocycles. The molecular formula is C27H26N2O6. The molecule has 1 N–H and O–H groups in total. The lowest BCUT2D eigenvalue weighted by atomic mass is 10.2. The molecule has 0 aliphatic heterocycles. The maximum Gasteiger partial charge on any atom is 0.343 e. The van der Waals surface area contributed by atoms with Crippen LogP contribution in [0, 0.1) is 0 Å². The van der Waals surface area contributed by atoms with E-state index in [9.17, 15) is 9.59 Å². The molecule has 0 saturated carbocycles. The van der Waals surface area contributed by atoms with E-state index in [1.165, 1.54) is 6.21 Å². The number of methoxy groups -OCH3 is 1. The number of esters is 1. The van der Waals surface area contributed by atoms with Crippen molar-refractivity contribution in [1.82, 2.24) is 5.43 Å². The van der Waals surface area contributed by atoms with Gasteiger partial charge in [-0.2, -0.15) is 5.10 Å². The average molecular weight is 475 g/mol. The van der Waals surface area contributed by atoms with Gasteiger partial charge in [0.2, 0.25) is 0 Å². The normalized spacial score (nSPS) is 10.5. The molecule has 35 heavy (non-hydrogen) atoms. The van der Waals surface area contributed by atoms with Gasteiger partial charge >= 0.3 is 5.97 Å². The van der Waals surface area contributed by atoms with Crippen molar-refractivity contribution in [3.63, 3.8) is 0 Å². The molecule has 0 fully saturated rings. The highest BCUT2D eigenvalue weighted by Gasteiger charge is 2.13. The molecule has 1 amide bonds. The zero-order valence-electron chi connectivity index (χ0n) is 19.5. The van der Waals surface area contributed by atoms with E-state index in [2.05, 4.69) is 17.1 Å². The number of hydrazone groups is 1. The molecule has 0 aliphatic carbocycles. The molecule has 0 aliphatic rings. The third kappa shape index (κ3) is 7.20. The summed E-state index contributed by atoms with van der Waals surface area (Å²) < 4.78 is 21.6. The average Bonchev–Trinajstić information content (AvgIpc) is 2.89. The first-order valence-electron chi connectivity index (χ1n) is 10.8. The molecule has 8 nitrogen and oxygen atoms in total. The van der Waals surface area contributed by atoms with Gasteiger partial charge in [0, 0.05) is 5.56 Å². The Labute approximate surface area is 203 Å². The van der Waals surface area contributed by atoms with Crippen molar-refractivity contribution in [3.05, 3.63) is 96.1 Å². The van der Waals surface area contributed by atoms with Crippen LogP contribution in [-0.2, 0) is 0 Å². The Morgan fingerprint density at radius 3 is 2.26 bits per heavy atom. The molecule has 8 heteroatoms. The van der Waals surface area contributed by atoms with Gasteiger partial charge in [0.15, 0.2) is 11.5 Å². The largest absolute Gasteiger partial charge is 0.497 e. The fraction of sp³-hybridized carbons (Fsp3) is 0.148. The van der Waals surface area contributed by atoms with Crippen molar-refractivity contribution in [3.8, 4) is 23.0 Å². The van der Waals surface area contributed by atoms with Crippen LogP contribution in [0.5, 0.6) is 23.0 Å². The third-order valence-electron chi connectivity index (χ3n) is 4.66. The van der Waals surface area contributed by atoms with E-state index in [0.717, 1.165) is 0 Å². The third-order valence-corrected chi connectivity index (χ3v) is 4.66. The molecular weight excluding hydrogens is 448 g/mol. The lowest BCUT2D eigenvalue weighted by Gasteiger charge is -2.11. The van der Waals surface area contributed by atoms with E-state index in [4.69, 9.17) is 18.9 Å². The zero-order valence-corrected chi connectivity index (χ0v) is 19.5. The Hall–Kier alpha value is -4.59. The van der Waals surface area contributed by atoms with Gasteiger partial charge in [-0.15, -0.1) is 0 Å². The number of nitrogens with zero attached hydrogens (tertiary/aromatic N) is 1. The van der Waals surface area contributed by atoms with E-state index in [1.807, 2.05) is 6.92 Å².